The fourth-order valence-corrected chi connectivity index (χ4v) is 1.47. The second-order valence-corrected chi connectivity index (χ2v) is 3.34. The smallest absolute Gasteiger partial charge is 0.0379 e. The van der Waals surface area contributed by atoms with Gasteiger partial charge in [0.15, 0.2) is 0 Å². The SMILES string of the molecule is CCN(F)SCc1ccccc1. The second kappa shape index (κ2) is 5.17. The summed E-state index contributed by atoms with van der Waals surface area (Å²) in [5.74, 6) is 0.700. The third-order valence-corrected chi connectivity index (χ3v) is 2.46. The minimum atomic E-state index is 0.428. The first-order valence-corrected chi connectivity index (χ1v) is 4.87. The summed E-state index contributed by atoms with van der Waals surface area (Å²) in [4.78, 5) is 0. The molecule has 1 aromatic rings. The lowest BCUT2D eigenvalue weighted by molar-refractivity contribution is 0.168. The lowest BCUT2D eigenvalue weighted by Gasteiger charge is -2.06. The monoisotopic (exact) mass is 185 g/mol. The van der Waals surface area contributed by atoms with Gasteiger partial charge in [-0.25, -0.2) is 0 Å². The van der Waals surface area contributed by atoms with E-state index in [1.165, 1.54) is 11.9 Å². The fourth-order valence-electron chi connectivity index (χ4n) is 0.810. The van der Waals surface area contributed by atoms with Crippen LogP contribution < -0.4 is 0 Å². The van der Waals surface area contributed by atoms with Crippen molar-refractivity contribution in [1.29, 1.82) is 0 Å². The normalized spacial score (nSPS) is 10.6. The van der Waals surface area contributed by atoms with Crippen molar-refractivity contribution < 1.29 is 4.48 Å². The average Bonchev–Trinajstić information content (AvgIpc) is 2.16. The molecular formula is C9H12FNS. The van der Waals surface area contributed by atoms with Gasteiger partial charge in [0.25, 0.3) is 0 Å². The average molecular weight is 185 g/mol. The van der Waals surface area contributed by atoms with Crippen LogP contribution in [0.25, 0.3) is 0 Å². The van der Waals surface area contributed by atoms with Gasteiger partial charge in [0.1, 0.15) is 0 Å². The highest BCUT2D eigenvalue weighted by Gasteiger charge is 1.99. The third kappa shape index (κ3) is 3.24. The van der Waals surface area contributed by atoms with Gasteiger partial charge in [0.05, 0.1) is 0 Å². The Morgan fingerprint density at radius 1 is 1.33 bits per heavy atom. The first-order chi connectivity index (χ1) is 5.83. The molecule has 0 atom stereocenters. The van der Waals surface area contributed by atoms with Crippen LogP contribution in [-0.4, -0.2) is 11.1 Å². The predicted molar refractivity (Wildman–Crippen MR) is 51.2 cm³/mol. The summed E-state index contributed by atoms with van der Waals surface area (Å²) < 4.78 is 13.4. The van der Waals surface area contributed by atoms with E-state index in [-0.39, 0.29) is 0 Å². The molecule has 0 saturated carbocycles. The number of halogens is 1. The van der Waals surface area contributed by atoms with Crippen molar-refractivity contribution in [1.82, 2.24) is 4.53 Å². The maximum Gasteiger partial charge on any atom is 0.0379 e. The van der Waals surface area contributed by atoms with Gasteiger partial charge in [-0.15, -0.1) is 4.48 Å². The molecule has 0 saturated heterocycles. The minimum absolute atomic E-state index is 0.428. The Morgan fingerprint density at radius 2 is 2.00 bits per heavy atom. The quantitative estimate of drug-likeness (QED) is 0.524. The second-order valence-electron chi connectivity index (χ2n) is 2.39. The molecule has 0 amide bonds. The lowest BCUT2D eigenvalue weighted by Crippen LogP contribution is -2.01. The molecule has 66 valence electrons. The fraction of sp³-hybridized carbons (Fsp3) is 0.333. The van der Waals surface area contributed by atoms with Gasteiger partial charge in [-0.3, -0.25) is 0 Å². The molecule has 0 bridgehead atoms. The molecule has 3 heteroatoms. The van der Waals surface area contributed by atoms with Crippen molar-refractivity contribution in [3.05, 3.63) is 35.9 Å². The van der Waals surface area contributed by atoms with Crippen LogP contribution in [0.1, 0.15) is 12.5 Å². The molecule has 0 aliphatic rings. The summed E-state index contributed by atoms with van der Waals surface area (Å²) in [5.41, 5.74) is 1.15. The topological polar surface area (TPSA) is 3.24 Å². The zero-order valence-corrected chi connectivity index (χ0v) is 7.85. The molecule has 0 N–H and O–H groups in total. The van der Waals surface area contributed by atoms with E-state index < -0.39 is 0 Å². The standard InChI is InChI=1S/C9H12FNS/c1-2-11(10)12-8-9-6-4-3-5-7-9/h3-7H,2,8H2,1H3. The highest BCUT2D eigenvalue weighted by atomic mass is 32.2. The molecule has 0 fully saturated rings. The Hall–Kier alpha value is -0.540. The summed E-state index contributed by atoms with van der Waals surface area (Å²) in [7, 11) is 0. The van der Waals surface area contributed by atoms with E-state index in [2.05, 4.69) is 0 Å². The highest BCUT2D eigenvalue weighted by Crippen LogP contribution is 2.16. The van der Waals surface area contributed by atoms with E-state index in [9.17, 15) is 4.48 Å². The van der Waals surface area contributed by atoms with E-state index in [1.54, 1.807) is 6.92 Å². The maximum atomic E-state index is 12.6. The van der Waals surface area contributed by atoms with Crippen molar-refractivity contribution in [2.45, 2.75) is 12.7 Å². The van der Waals surface area contributed by atoms with Crippen LogP contribution >= 0.6 is 11.9 Å². The van der Waals surface area contributed by atoms with Gasteiger partial charge >= 0.3 is 0 Å². The molecule has 12 heavy (non-hydrogen) atoms. The summed E-state index contributed by atoms with van der Waals surface area (Å²) in [5, 5.41) is 0. The van der Waals surface area contributed by atoms with Crippen LogP contribution in [0.3, 0.4) is 0 Å². The molecular weight excluding hydrogens is 173 g/mol. The third-order valence-electron chi connectivity index (χ3n) is 1.46. The summed E-state index contributed by atoms with van der Waals surface area (Å²) in [6, 6.07) is 9.88. The Kier molecular flexibility index (Phi) is 4.11. The molecule has 0 spiro atoms. The van der Waals surface area contributed by atoms with Crippen LogP contribution in [0.5, 0.6) is 0 Å². The number of hydrogen-bond donors (Lipinski definition) is 0. The Labute approximate surface area is 76.6 Å². The van der Waals surface area contributed by atoms with Crippen molar-refractivity contribution in [2.24, 2.45) is 0 Å². The highest BCUT2D eigenvalue weighted by molar-refractivity contribution is 7.96. The molecule has 1 aromatic carbocycles. The van der Waals surface area contributed by atoms with E-state index in [1.807, 2.05) is 30.3 Å². The number of hydrogen-bond acceptors (Lipinski definition) is 2. The lowest BCUT2D eigenvalue weighted by atomic mass is 10.2. The summed E-state index contributed by atoms with van der Waals surface area (Å²) in [6.45, 7) is 2.22. The zero-order valence-electron chi connectivity index (χ0n) is 7.03. The van der Waals surface area contributed by atoms with Gasteiger partial charge in [-0.2, -0.15) is 0 Å². The van der Waals surface area contributed by atoms with Crippen LogP contribution in [-0.2, 0) is 5.75 Å². The van der Waals surface area contributed by atoms with Crippen LogP contribution in [0.2, 0.25) is 0 Å². The molecule has 0 aliphatic heterocycles. The minimum Gasteiger partial charge on any atom is -0.123 e. The van der Waals surface area contributed by atoms with Gasteiger partial charge in [0, 0.05) is 12.3 Å². The van der Waals surface area contributed by atoms with Gasteiger partial charge in [0.2, 0.25) is 0 Å². The van der Waals surface area contributed by atoms with Gasteiger partial charge < -0.3 is 0 Å². The molecule has 0 heterocycles. The Morgan fingerprint density at radius 3 is 2.58 bits per heavy atom. The van der Waals surface area contributed by atoms with Crippen LogP contribution in [0.15, 0.2) is 30.3 Å². The zero-order chi connectivity index (χ0) is 8.81. The largest absolute Gasteiger partial charge is 0.123 e. The van der Waals surface area contributed by atoms with Gasteiger partial charge in [-0.05, 0) is 24.4 Å². The summed E-state index contributed by atoms with van der Waals surface area (Å²) in [6.07, 6.45) is 0. The summed E-state index contributed by atoms with van der Waals surface area (Å²) >= 11 is 1.20. The first kappa shape index (κ1) is 9.55. The number of rotatable bonds is 4. The van der Waals surface area contributed by atoms with E-state index >= 15 is 0 Å². The Balaban J connectivity index is 2.33. The van der Waals surface area contributed by atoms with E-state index in [4.69, 9.17) is 0 Å². The first-order valence-electron chi connectivity index (χ1n) is 3.93. The van der Waals surface area contributed by atoms with Crippen LogP contribution in [0.4, 0.5) is 4.48 Å². The van der Waals surface area contributed by atoms with E-state index in [0.717, 1.165) is 10.1 Å². The number of benzene rings is 1. The molecule has 0 unspecified atom stereocenters. The van der Waals surface area contributed by atoms with Crippen LogP contribution in [0, 0.1) is 0 Å². The predicted octanol–water partition coefficient (Wildman–Crippen LogP) is 3.04. The van der Waals surface area contributed by atoms with Crippen molar-refractivity contribution >= 4 is 11.9 Å². The van der Waals surface area contributed by atoms with Gasteiger partial charge in [-0.1, -0.05) is 34.9 Å². The molecule has 0 aliphatic carbocycles. The van der Waals surface area contributed by atoms with Crippen molar-refractivity contribution in [3.63, 3.8) is 0 Å². The van der Waals surface area contributed by atoms with Crippen molar-refractivity contribution in [2.75, 3.05) is 6.54 Å². The Bertz CT molecular complexity index is 215. The van der Waals surface area contributed by atoms with Crippen molar-refractivity contribution in [3.8, 4) is 0 Å². The molecule has 0 aromatic heterocycles. The molecule has 1 rings (SSSR count). The molecule has 0 radical (unpaired) electrons. The number of nitrogens with zero attached hydrogens (tertiary/aromatic N) is 1. The van der Waals surface area contributed by atoms with E-state index in [0.29, 0.717) is 12.3 Å². The maximum absolute atomic E-state index is 12.6. The molecule has 1 nitrogen and oxygen atoms in total.